The Labute approximate surface area is 231 Å². The normalized spacial score (nSPS) is 11.9. The molecule has 1 amide bonds. The molecule has 4 aromatic carbocycles. The lowest BCUT2D eigenvalue weighted by Gasteiger charge is -2.17. The molecule has 0 saturated heterocycles. The van der Waals surface area contributed by atoms with Crippen molar-refractivity contribution in [2.75, 3.05) is 11.9 Å². The molecule has 4 aromatic rings. The maximum atomic E-state index is 13.4. The van der Waals surface area contributed by atoms with E-state index in [-0.39, 0.29) is 34.5 Å². The van der Waals surface area contributed by atoms with E-state index >= 15 is 0 Å². The Hall–Kier alpha value is -4.54. The van der Waals surface area contributed by atoms with Crippen LogP contribution >= 0.6 is 0 Å². The summed E-state index contributed by atoms with van der Waals surface area (Å²) in [6, 6.07) is 22.9. The molecule has 206 valence electrons. The number of esters is 1. The number of para-hydroxylation sites is 1. The highest BCUT2D eigenvalue weighted by molar-refractivity contribution is 7.91. The third kappa shape index (κ3) is 6.90. The van der Waals surface area contributed by atoms with Gasteiger partial charge in [-0.25, -0.2) is 17.6 Å². The number of hydrogen-bond acceptors (Lipinski definition) is 7. The molecule has 3 N–H and O–H groups in total. The standard InChI is InChI=1S/C30H27FN2O6S/c1-2-38-30(35)20-8-13-23(14-9-20)33-29(34)19-26(32)21-10-17-28(27(18-21)39-24-6-4-3-5-7-24)40(36,37)25-15-11-22(31)12-16-25/h3-18,26H,2,19,32H2,1H3,(H,33,34). The van der Waals surface area contributed by atoms with Gasteiger partial charge in [0.05, 0.1) is 17.1 Å². The van der Waals surface area contributed by atoms with Crippen molar-refractivity contribution >= 4 is 27.4 Å². The monoisotopic (exact) mass is 562 g/mol. The van der Waals surface area contributed by atoms with Gasteiger partial charge in [-0.3, -0.25) is 4.79 Å². The van der Waals surface area contributed by atoms with Crippen molar-refractivity contribution in [2.45, 2.75) is 29.2 Å². The van der Waals surface area contributed by atoms with Crippen LogP contribution in [0.2, 0.25) is 0 Å². The van der Waals surface area contributed by atoms with Crippen LogP contribution < -0.4 is 15.8 Å². The van der Waals surface area contributed by atoms with E-state index in [4.69, 9.17) is 15.2 Å². The number of anilines is 1. The maximum Gasteiger partial charge on any atom is 0.338 e. The predicted octanol–water partition coefficient (Wildman–Crippen LogP) is 5.66. The van der Waals surface area contributed by atoms with E-state index in [1.165, 1.54) is 30.3 Å². The molecule has 40 heavy (non-hydrogen) atoms. The van der Waals surface area contributed by atoms with Gasteiger partial charge in [0.25, 0.3) is 0 Å². The first-order valence-corrected chi connectivity index (χ1v) is 13.9. The molecule has 1 unspecified atom stereocenters. The van der Waals surface area contributed by atoms with Gasteiger partial charge in [-0.1, -0.05) is 24.3 Å². The van der Waals surface area contributed by atoms with Crippen LogP contribution in [0.5, 0.6) is 11.5 Å². The van der Waals surface area contributed by atoms with E-state index in [0.29, 0.717) is 22.6 Å². The van der Waals surface area contributed by atoms with Crippen LogP contribution in [0.1, 0.15) is 35.3 Å². The van der Waals surface area contributed by atoms with E-state index in [2.05, 4.69) is 5.32 Å². The number of nitrogens with two attached hydrogens (primary N) is 1. The second-order valence-electron chi connectivity index (χ2n) is 8.74. The Kier molecular flexibility index (Phi) is 8.93. The molecular formula is C30H27FN2O6S. The fraction of sp³-hybridized carbons (Fsp3) is 0.133. The summed E-state index contributed by atoms with van der Waals surface area (Å²) in [6.07, 6.45) is -0.117. The van der Waals surface area contributed by atoms with Gasteiger partial charge < -0.3 is 20.5 Å². The third-order valence-corrected chi connectivity index (χ3v) is 7.67. The van der Waals surface area contributed by atoms with Crippen LogP contribution in [0.3, 0.4) is 0 Å². The highest BCUT2D eigenvalue weighted by Crippen LogP contribution is 2.35. The fourth-order valence-corrected chi connectivity index (χ4v) is 5.21. The highest BCUT2D eigenvalue weighted by Gasteiger charge is 2.25. The van der Waals surface area contributed by atoms with Gasteiger partial charge in [0.2, 0.25) is 15.7 Å². The Morgan fingerprint density at radius 3 is 2.25 bits per heavy atom. The Morgan fingerprint density at radius 2 is 1.60 bits per heavy atom. The first kappa shape index (κ1) is 28.5. The SMILES string of the molecule is CCOC(=O)c1ccc(NC(=O)CC(N)c2ccc(S(=O)(=O)c3ccc(F)cc3)c(Oc3ccccc3)c2)cc1. The summed E-state index contributed by atoms with van der Waals surface area (Å²) in [4.78, 5) is 24.3. The van der Waals surface area contributed by atoms with Crippen LogP contribution in [0.15, 0.2) is 107 Å². The Bertz CT molecular complexity index is 1590. The van der Waals surface area contributed by atoms with Gasteiger partial charge in [0, 0.05) is 18.2 Å². The molecule has 0 radical (unpaired) electrons. The molecule has 0 bridgehead atoms. The summed E-state index contributed by atoms with van der Waals surface area (Å²) in [5.41, 5.74) is 7.63. The number of amides is 1. The molecule has 0 fully saturated rings. The number of hydrogen-bond donors (Lipinski definition) is 2. The summed E-state index contributed by atoms with van der Waals surface area (Å²) in [7, 11) is -4.07. The quantitative estimate of drug-likeness (QED) is 0.189. The summed E-state index contributed by atoms with van der Waals surface area (Å²) in [6.45, 7) is 1.97. The molecule has 0 aromatic heterocycles. The van der Waals surface area contributed by atoms with Gasteiger partial charge in [-0.05, 0) is 85.3 Å². The minimum Gasteiger partial charge on any atom is -0.462 e. The molecule has 0 spiro atoms. The molecule has 0 saturated carbocycles. The summed E-state index contributed by atoms with van der Waals surface area (Å²) >= 11 is 0. The minimum atomic E-state index is -4.07. The molecule has 4 rings (SSSR count). The maximum absolute atomic E-state index is 13.4. The first-order chi connectivity index (χ1) is 19.2. The smallest absolute Gasteiger partial charge is 0.338 e. The summed E-state index contributed by atoms with van der Waals surface area (Å²) in [5.74, 6) is -0.994. The van der Waals surface area contributed by atoms with E-state index in [0.717, 1.165) is 12.1 Å². The molecule has 8 nitrogen and oxygen atoms in total. The number of ether oxygens (including phenoxy) is 2. The van der Waals surface area contributed by atoms with Gasteiger partial charge in [0.1, 0.15) is 22.2 Å². The zero-order chi connectivity index (χ0) is 28.7. The van der Waals surface area contributed by atoms with Crippen LogP contribution in [-0.2, 0) is 19.4 Å². The lowest BCUT2D eigenvalue weighted by Crippen LogP contribution is -2.21. The lowest BCUT2D eigenvalue weighted by atomic mass is 10.0. The number of rotatable bonds is 10. The van der Waals surface area contributed by atoms with Gasteiger partial charge >= 0.3 is 5.97 Å². The average Bonchev–Trinajstić information content (AvgIpc) is 2.94. The van der Waals surface area contributed by atoms with E-state index in [9.17, 15) is 22.4 Å². The summed E-state index contributed by atoms with van der Waals surface area (Å²) in [5, 5.41) is 2.73. The topological polar surface area (TPSA) is 125 Å². The second kappa shape index (κ2) is 12.5. The van der Waals surface area contributed by atoms with E-state index < -0.39 is 27.7 Å². The minimum absolute atomic E-state index is 0.0124. The number of nitrogens with one attached hydrogen (secondary N) is 1. The van der Waals surface area contributed by atoms with E-state index in [1.807, 2.05) is 0 Å². The molecular weight excluding hydrogens is 535 g/mol. The van der Waals surface area contributed by atoms with Crippen molar-refractivity contribution in [3.05, 3.63) is 114 Å². The summed E-state index contributed by atoms with van der Waals surface area (Å²) < 4.78 is 51.1. The number of carbonyl (C=O) groups is 2. The van der Waals surface area contributed by atoms with Gasteiger partial charge in [-0.2, -0.15) is 0 Å². The Morgan fingerprint density at radius 1 is 0.925 bits per heavy atom. The van der Waals surface area contributed by atoms with Crippen molar-refractivity contribution in [1.29, 1.82) is 0 Å². The van der Waals surface area contributed by atoms with Crippen molar-refractivity contribution in [3.63, 3.8) is 0 Å². The predicted molar refractivity (Wildman–Crippen MR) is 147 cm³/mol. The van der Waals surface area contributed by atoms with Gasteiger partial charge in [0.15, 0.2) is 0 Å². The number of carbonyl (C=O) groups excluding carboxylic acids is 2. The second-order valence-corrected chi connectivity index (χ2v) is 10.7. The van der Waals surface area contributed by atoms with Crippen molar-refractivity contribution < 1.29 is 31.9 Å². The number of benzene rings is 4. The molecule has 1 atom stereocenters. The van der Waals surface area contributed by atoms with Crippen LogP contribution in [0.4, 0.5) is 10.1 Å². The van der Waals surface area contributed by atoms with Crippen LogP contribution in [0.25, 0.3) is 0 Å². The molecule has 0 aliphatic heterocycles. The van der Waals surface area contributed by atoms with E-state index in [1.54, 1.807) is 61.5 Å². The lowest BCUT2D eigenvalue weighted by molar-refractivity contribution is -0.116. The van der Waals surface area contributed by atoms with Crippen LogP contribution in [-0.4, -0.2) is 26.9 Å². The zero-order valence-corrected chi connectivity index (χ0v) is 22.4. The largest absolute Gasteiger partial charge is 0.462 e. The fourth-order valence-electron chi connectivity index (χ4n) is 3.85. The van der Waals surface area contributed by atoms with Crippen LogP contribution in [0, 0.1) is 5.82 Å². The van der Waals surface area contributed by atoms with Crippen molar-refractivity contribution in [1.82, 2.24) is 0 Å². The molecule has 10 heteroatoms. The zero-order valence-electron chi connectivity index (χ0n) is 21.5. The Balaban J connectivity index is 1.56. The number of halogens is 1. The molecule has 0 heterocycles. The average molecular weight is 563 g/mol. The first-order valence-electron chi connectivity index (χ1n) is 12.4. The molecule has 0 aliphatic carbocycles. The van der Waals surface area contributed by atoms with Crippen molar-refractivity contribution in [3.8, 4) is 11.5 Å². The highest BCUT2D eigenvalue weighted by atomic mass is 32.2. The third-order valence-electron chi connectivity index (χ3n) is 5.87. The number of sulfone groups is 1. The molecule has 0 aliphatic rings. The van der Waals surface area contributed by atoms with Gasteiger partial charge in [-0.15, -0.1) is 0 Å². The van der Waals surface area contributed by atoms with Crippen molar-refractivity contribution in [2.24, 2.45) is 5.73 Å².